The minimum Gasteiger partial charge on any atom is -0.363 e. The molecule has 0 bridgehead atoms. The van der Waals surface area contributed by atoms with Gasteiger partial charge >= 0.3 is 0 Å². The topological polar surface area (TPSA) is 81.2 Å². The summed E-state index contributed by atoms with van der Waals surface area (Å²) in [5.74, 6) is 0.124. The zero-order valence-corrected chi connectivity index (χ0v) is 7.70. The minimum absolute atomic E-state index is 0.260. The van der Waals surface area contributed by atoms with Crippen molar-refractivity contribution in [2.24, 2.45) is 5.73 Å². The average Bonchev–Trinajstić information content (AvgIpc) is 2.57. The molecule has 1 amide bonds. The minimum atomic E-state index is -0.862. The van der Waals surface area contributed by atoms with E-state index in [0.29, 0.717) is 12.2 Å². The molecule has 0 fully saturated rings. The zero-order chi connectivity index (χ0) is 9.90. The van der Waals surface area contributed by atoms with Crippen LogP contribution >= 0.6 is 0 Å². The lowest BCUT2D eigenvalue weighted by atomic mass is 10.00. The Balaban J connectivity index is 2.61. The van der Waals surface area contributed by atoms with E-state index >= 15 is 0 Å². The van der Waals surface area contributed by atoms with E-state index in [1.54, 1.807) is 13.0 Å². The highest BCUT2D eigenvalue weighted by atomic mass is 16.5. The molecule has 0 aliphatic rings. The van der Waals surface area contributed by atoms with Crippen LogP contribution in [0.25, 0.3) is 0 Å². The maximum Gasteiger partial charge on any atom is 0.245 e. The molecule has 0 spiro atoms. The fraction of sp³-hybridized carbons (Fsp3) is 0.500. The molecule has 5 nitrogen and oxygen atoms in total. The molecule has 0 saturated carbocycles. The molecule has 0 aliphatic carbocycles. The van der Waals surface area contributed by atoms with E-state index in [0.717, 1.165) is 0 Å². The normalized spacial score (nSPS) is 15.0. The SMILES string of the molecule is CCC(C)(N)C(=O)Nc1ccon1. The van der Waals surface area contributed by atoms with Crippen LogP contribution in [0.5, 0.6) is 0 Å². The van der Waals surface area contributed by atoms with Gasteiger partial charge in [-0.3, -0.25) is 4.79 Å². The van der Waals surface area contributed by atoms with Crippen LogP contribution in [0.3, 0.4) is 0 Å². The van der Waals surface area contributed by atoms with E-state index in [9.17, 15) is 4.79 Å². The van der Waals surface area contributed by atoms with Gasteiger partial charge in [0.15, 0.2) is 5.82 Å². The summed E-state index contributed by atoms with van der Waals surface area (Å²) in [5, 5.41) is 6.09. The van der Waals surface area contributed by atoms with Crippen molar-refractivity contribution in [1.29, 1.82) is 0 Å². The molecule has 72 valence electrons. The summed E-state index contributed by atoms with van der Waals surface area (Å²) in [6, 6.07) is 1.56. The number of amides is 1. The maximum absolute atomic E-state index is 11.4. The van der Waals surface area contributed by atoms with Crippen molar-refractivity contribution in [1.82, 2.24) is 5.16 Å². The number of carbonyl (C=O) groups excluding carboxylic acids is 1. The van der Waals surface area contributed by atoms with Crippen LogP contribution in [0.4, 0.5) is 5.82 Å². The summed E-state index contributed by atoms with van der Waals surface area (Å²) in [7, 11) is 0. The number of nitrogens with one attached hydrogen (secondary N) is 1. The van der Waals surface area contributed by atoms with Gasteiger partial charge in [-0.1, -0.05) is 12.1 Å². The molecule has 1 unspecified atom stereocenters. The summed E-state index contributed by atoms with van der Waals surface area (Å²) >= 11 is 0. The Morgan fingerprint density at radius 2 is 2.54 bits per heavy atom. The smallest absolute Gasteiger partial charge is 0.245 e. The fourth-order valence-corrected chi connectivity index (χ4v) is 0.697. The summed E-state index contributed by atoms with van der Waals surface area (Å²) in [4.78, 5) is 11.4. The molecule has 3 N–H and O–H groups in total. The number of hydrogen-bond acceptors (Lipinski definition) is 4. The molecule has 1 rings (SSSR count). The van der Waals surface area contributed by atoms with Crippen molar-refractivity contribution in [3.8, 4) is 0 Å². The van der Waals surface area contributed by atoms with Gasteiger partial charge in [-0.25, -0.2) is 0 Å². The Morgan fingerprint density at radius 1 is 1.85 bits per heavy atom. The van der Waals surface area contributed by atoms with Crippen LogP contribution in [0, 0.1) is 0 Å². The lowest BCUT2D eigenvalue weighted by Gasteiger charge is -2.20. The molecule has 0 aromatic carbocycles. The van der Waals surface area contributed by atoms with E-state index in [1.165, 1.54) is 6.26 Å². The Labute approximate surface area is 76.3 Å². The average molecular weight is 183 g/mol. The second kappa shape index (κ2) is 3.57. The first-order valence-corrected chi connectivity index (χ1v) is 4.07. The summed E-state index contributed by atoms with van der Waals surface area (Å²) in [5.41, 5.74) is 4.84. The molecule has 1 atom stereocenters. The van der Waals surface area contributed by atoms with Gasteiger partial charge in [0.25, 0.3) is 0 Å². The van der Waals surface area contributed by atoms with Gasteiger partial charge in [0.1, 0.15) is 6.26 Å². The van der Waals surface area contributed by atoms with Gasteiger partial charge in [-0.15, -0.1) is 0 Å². The predicted octanol–water partition coefficient (Wildman–Crippen LogP) is 0.741. The molecule has 0 radical (unpaired) electrons. The van der Waals surface area contributed by atoms with Gasteiger partial charge in [0.2, 0.25) is 5.91 Å². The van der Waals surface area contributed by atoms with E-state index in [-0.39, 0.29) is 5.91 Å². The first-order chi connectivity index (χ1) is 6.06. The predicted molar refractivity (Wildman–Crippen MR) is 48.0 cm³/mol. The molecular formula is C8H13N3O2. The van der Waals surface area contributed by atoms with Gasteiger partial charge in [-0.05, 0) is 13.3 Å². The number of anilines is 1. The van der Waals surface area contributed by atoms with E-state index < -0.39 is 5.54 Å². The first-order valence-electron chi connectivity index (χ1n) is 4.07. The number of nitrogens with zero attached hydrogens (tertiary/aromatic N) is 1. The van der Waals surface area contributed by atoms with Crippen LogP contribution in [0.1, 0.15) is 20.3 Å². The van der Waals surface area contributed by atoms with Crippen LogP contribution < -0.4 is 11.1 Å². The molecule has 1 heterocycles. The Bertz CT molecular complexity index is 280. The van der Waals surface area contributed by atoms with Crippen molar-refractivity contribution in [2.75, 3.05) is 5.32 Å². The van der Waals surface area contributed by atoms with Crippen LogP contribution in [0.15, 0.2) is 16.9 Å². The number of hydrogen-bond donors (Lipinski definition) is 2. The number of nitrogens with two attached hydrogens (primary N) is 1. The molecule has 1 aromatic heterocycles. The lowest BCUT2D eigenvalue weighted by molar-refractivity contribution is -0.120. The van der Waals surface area contributed by atoms with Crippen LogP contribution in [-0.2, 0) is 4.79 Å². The highest BCUT2D eigenvalue weighted by molar-refractivity contribution is 5.96. The Hall–Kier alpha value is -1.36. The van der Waals surface area contributed by atoms with Gasteiger partial charge in [-0.2, -0.15) is 0 Å². The summed E-state index contributed by atoms with van der Waals surface area (Å²) < 4.78 is 4.56. The van der Waals surface area contributed by atoms with Crippen molar-refractivity contribution >= 4 is 11.7 Å². The Morgan fingerprint density at radius 3 is 3.00 bits per heavy atom. The van der Waals surface area contributed by atoms with Crippen molar-refractivity contribution < 1.29 is 9.32 Å². The number of rotatable bonds is 3. The molecule has 13 heavy (non-hydrogen) atoms. The lowest BCUT2D eigenvalue weighted by Crippen LogP contribution is -2.47. The summed E-state index contributed by atoms with van der Waals surface area (Å²) in [6.45, 7) is 3.52. The first kappa shape index (κ1) is 9.73. The van der Waals surface area contributed by atoms with Gasteiger partial charge < -0.3 is 15.6 Å². The summed E-state index contributed by atoms with van der Waals surface area (Å²) in [6.07, 6.45) is 1.95. The number of aromatic nitrogens is 1. The van der Waals surface area contributed by atoms with Crippen molar-refractivity contribution in [3.63, 3.8) is 0 Å². The monoisotopic (exact) mass is 183 g/mol. The maximum atomic E-state index is 11.4. The number of carbonyl (C=O) groups is 1. The van der Waals surface area contributed by atoms with Gasteiger partial charge in [0, 0.05) is 6.07 Å². The van der Waals surface area contributed by atoms with Crippen molar-refractivity contribution in [2.45, 2.75) is 25.8 Å². The molecule has 5 heteroatoms. The second-order valence-corrected chi connectivity index (χ2v) is 3.11. The van der Waals surface area contributed by atoms with Gasteiger partial charge in [0.05, 0.1) is 5.54 Å². The molecule has 1 aromatic rings. The molecule has 0 aliphatic heterocycles. The van der Waals surface area contributed by atoms with E-state index in [2.05, 4.69) is 15.0 Å². The van der Waals surface area contributed by atoms with E-state index in [4.69, 9.17) is 5.73 Å². The van der Waals surface area contributed by atoms with Crippen LogP contribution in [-0.4, -0.2) is 16.6 Å². The Kier molecular flexibility index (Phi) is 2.67. The third kappa shape index (κ3) is 2.29. The quantitative estimate of drug-likeness (QED) is 0.724. The third-order valence-electron chi connectivity index (χ3n) is 1.93. The second-order valence-electron chi connectivity index (χ2n) is 3.11. The van der Waals surface area contributed by atoms with Crippen molar-refractivity contribution in [3.05, 3.63) is 12.3 Å². The van der Waals surface area contributed by atoms with Crippen LogP contribution in [0.2, 0.25) is 0 Å². The molecule has 0 saturated heterocycles. The van der Waals surface area contributed by atoms with E-state index in [1.807, 2.05) is 6.92 Å². The standard InChI is InChI=1S/C8H13N3O2/c1-3-8(2,9)7(12)10-6-4-5-13-11-6/h4-5H,3,9H2,1-2H3,(H,10,11,12). The zero-order valence-electron chi connectivity index (χ0n) is 7.70. The largest absolute Gasteiger partial charge is 0.363 e. The highest BCUT2D eigenvalue weighted by Crippen LogP contribution is 2.09. The highest BCUT2D eigenvalue weighted by Gasteiger charge is 2.26. The third-order valence-corrected chi connectivity index (χ3v) is 1.93. The molecular weight excluding hydrogens is 170 g/mol. The fourth-order valence-electron chi connectivity index (χ4n) is 0.697.